The third-order valence-corrected chi connectivity index (χ3v) is 4.42. The fourth-order valence-electron chi connectivity index (χ4n) is 2.40. The van der Waals surface area contributed by atoms with E-state index >= 15 is 0 Å². The first-order chi connectivity index (χ1) is 13.4. The summed E-state index contributed by atoms with van der Waals surface area (Å²) in [4.78, 5) is 30.8. The van der Waals surface area contributed by atoms with Crippen molar-refractivity contribution in [2.45, 2.75) is 6.54 Å². The van der Waals surface area contributed by atoms with Gasteiger partial charge in [-0.15, -0.1) is 11.3 Å². The molecule has 0 aliphatic heterocycles. The molecule has 0 aliphatic rings. The quantitative estimate of drug-likeness (QED) is 0.650. The van der Waals surface area contributed by atoms with Crippen LogP contribution >= 0.6 is 11.3 Å². The van der Waals surface area contributed by atoms with E-state index in [0.29, 0.717) is 28.9 Å². The Morgan fingerprint density at radius 2 is 1.75 bits per heavy atom. The van der Waals surface area contributed by atoms with Crippen LogP contribution in [-0.4, -0.2) is 63.7 Å². The number of amides is 2. The zero-order chi connectivity index (χ0) is 20.7. The molecule has 28 heavy (non-hydrogen) atoms. The van der Waals surface area contributed by atoms with Gasteiger partial charge in [0, 0.05) is 17.5 Å². The van der Waals surface area contributed by atoms with Crippen LogP contribution in [0.5, 0.6) is 17.2 Å². The minimum absolute atomic E-state index is 0.196. The van der Waals surface area contributed by atoms with E-state index in [9.17, 15) is 9.59 Å². The molecule has 0 unspecified atom stereocenters. The zero-order valence-electron chi connectivity index (χ0n) is 16.5. The molecule has 2 aromatic rings. The van der Waals surface area contributed by atoms with E-state index in [4.69, 9.17) is 14.2 Å². The number of hydrogen-bond acceptors (Lipinski definition) is 8. The highest BCUT2D eigenvalue weighted by Crippen LogP contribution is 2.38. The lowest BCUT2D eigenvalue weighted by Gasteiger charge is -2.14. The summed E-state index contributed by atoms with van der Waals surface area (Å²) in [6.45, 7) is 0.488. The van der Waals surface area contributed by atoms with Crippen LogP contribution in [0.3, 0.4) is 0 Å². The van der Waals surface area contributed by atoms with Crippen LogP contribution in [-0.2, 0) is 11.3 Å². The maximum atomic E-state index is 12.4. The Balaban J connectivity index is 1.97. The smallest absolute Gasteiger partial charge is 0.251 e. The molecule has 152 valence electrons. The van der Waals surface area contributed by atoms with E-state index in [1.54, 1.807) is 0 Å². The Bertz CT molecular complexity index is 812. The number of methoxy groups -OCH3 is 3. The summed E-state index contributed by atoms with van der Waals surface area (Å²) < 4.78 is 15.7. The molecular formula is C18H24N4O5S. The summed E-state index contributed by atoms with van der Waals surface area (Å²) >= 11 is 1.34. The molecule has 0 radical (unpaired) electrons. The van der Waals surface area contributed by atoms with E-state index in [-0.39, 0.29) is 18.0 Å². The van der Waals surface area contributed by atoms with E-state index < -0.39 is 5.91 Å². The van der Waals surface area contributed by atoms with Gasteiger partial charge in [0.25, 0.3) is 5.91 Å². The van der Waals surface area contributed by atoms with Gasteiger partial charge in [0.15, 0.2) is 16.6 Å². The maximum Gasteiger partial charge on any atom is 0.251 e. The summed E-state index contributed by atoms with van der Waals surface area (Å²) in [5.74, 6) is 0.283. The van der Waals surface area contributed by atoms with Crippen molar-refractivity contribution in [2.75, 3.05) is 47.3 Å². The standard InChI is InChI=1S/C18H24N4O5S/c1-22(2)9-12-10-28-18(20-12)21-15(23)8-19-17(24)11-6-13(25-3)16(27-5)14(7-11)26-4/h6-7,10H,8-9H2,1-5H3,(H,19,24)(H,20,21,23). The highest BCUT2D eigenvalue weighted by Gasteiger charge is 2.17. The van der Waals surface area contributed by atoms with E-state index in [1.807, 2.05) is 24.4 Å². The van der Waals surface area contributed by atoms with Crippen LogP contribution < -0.4 is 24.8 Å². The van der Waals surface area contributed by atoms with Crippen LogP contribution in [0.1, 0.15) is 16.1 Å². The minimum Gasteiger partial charge on any atom is -0.493 e. The molecule has 2 amide bonds. The number of carbonyl (C=O) groups is 2. The minimum atomic E-state index is -0.443. The van der Waals surface area contributed by atoms with Gasteiger partial charge >= 0.3 is 0 Å². The van der Waals surface area contributed by atoms with Gasteiger partial charge in [0.2, 0.25) is 11.7 Å². The fraction of sp³-hybridized carbons (Fsp3) is 0.389. The van der Waals surface area contributed by atoms with Crippen LogP contribution in [0.2, 0.25) is 0 Å². The van der Waals surface area contributed by atoms with Gasteiger partial charge in [-0.1, -0.05) is 0 Å². The van der Waals surface area contributed by atoms with Gasteiger partial charge in [-0.3, -0.25) is 9.59 Å². The van der Waals surface area contributed by atoms with Crippen molar-refractivity contribution in [3.63, 3.8) is 0 Å². The molecule has 0 saturated heterocycles. The molecule has 1 heterocycles. The molecular weight excluding hydrogens is 384 g/mol. The molecule has 0 atom stereocenters. The molecule has 10 heteroatoms. The second kappa shape index (κ2) is 9.90. The Morgan fingerprint density at radius 1 is 1.11 bits per heavy atom. The number of benzene rings is 1. The number of thiazole rings is 1. The molecule has 2 rings (SSSR count). The summed E-state index contributed by atoms with van der Waals surface area (Å²) in [6, 6.07) is 3.03. The van der Waals surface area contributed by atoms with E-state index in [1.165, 1.54) is 44.8 Å². The summed E-state index contributed by atoms with van der Waals surface area (Å²) in [6.07, 6.45) is 0. The number of nitrogens with zero attached hydrogens (tertiary/aromatic N) is 2. The zero-order valence-corrected chi connectivity index (χ0v) is 17.3. The lowest BCUT2D eigenvalue weighted by Crippen LogP contribution is -2.32. The summed E-state index contributed by atoms with van der Waals surface area (Å²) in [7, 11) is 8.29. The van der Waals surface area contributed by atoms with Crippen molar-refractivity contribution in [3.05, 3.63) is 28.8 Å². The van der Waals surface area contributed by atoms with Crippen molar-refractivity contribution < 1.29 is 23.8 Å². The Kier molecular flexibility index (Phi) is 7.59. The maximum absolute atomic E-state index is 12.4. The molecule has 0 bridgehead atoms. The normalized spacial score (nSPS) is 10.5. The predicted molar refractivity (Wildman–Crippen MR) is 107 cm³/mol. The van der Waals surface area contributed by atoms with Crippen LogP contribution in [0, 0.1) is 0 Å². The molecule has 0 spiro atoms. The first-order valence-corrected chi connectivity index (χ1v) is 9.23. The number of rotatable bonds is 9. The number of anilines is 1. The van der Waals surface area contributed by atoms with Crippen LogP contribution in [0.25, 0.3) is 0 Å². The van der Waals surface area contributed by atoms with Gasteiger partial charge in [-0.25, -0.2) is 4.98 Å². The molecule has 1 aromatic carbocycles. The molecule has 0 fully saturated rings. The highest BCUT2D eigenvalue weighted by atomic mass is 32.1. The predicted octanol–water partition coefficient (Wildman–Crippen LogP) is 1.60. The Labute approximate surface area is 167 Å². The topological polar surface area (TPSA) is 102 Å². The lowest BCUT2D eigenvalue weighted by atomic mass is 10.1. The third kappa shape index (κ3) is 5.57. The average molecular weight is 408 g/mol. The number of carbonyl (C=O) groups excluding carboxylic acids is 2. The second-order valence-corrected chi connectivity index (χ2v) is 6.88. The van der Waals surface area contributed by atoms with Gasteiger partial charge in [-0.05, 0) is 26.2 Å². The molecule has 9 nitrogen and oxygen atoms in total. The molecule has 2 N–H and O–H groups in total. The third-order valence-electron chi connectivity index (χ3n) is 3.61. The Morgan fingerprint density at radius 3 is 2.29 bits per heavy atom. The van der Waals surface area contributed by atoms with E-state index in [2.05, 4.69) is 15.6 Å². The van der Waals surface area contributed by atoms with Gasteiger partial charge in [0.05, 0.1) is 33.6 Å². The van der Waals surface area contributed by atoms with Crippen molar-refractivity contribution >= 4 is 28.3 Å². The molecule has 1 aromatic heterocycles. The summed E-state index contributed by atoms with van der Waals surface area (Å²) in [5, 5.41) is 7.60. The number of ether oxygens (including phenoxy) is 3. The average Bonchev–Trinajstić information content (AvgIpc) is 3.10. The van der Waals surface area contributed by atoms with Gasteiger partial charge in [-0.2, -0.15) is 0 Å². The number of nitrogens with one attached hydrogen (secondary N) is 2. The van der Waals surface area contributed by atoms with Crippen molar-refractivity contribution in [1.29, 1.82) is 0 Å². The van der Waals surface area contributed by atoms with Crippen LogP contribution in [0.15, 0.2) is 17.5 Å². The van der Waals surface area contributed by atoms with Crippen LogP contribution in [0.4, 0.5) is 5.13 Å². The summed E-state index contributed by atoms with van der Waals surface area (Å²) in [5.41, 5.74) is 1.15. The molecule has 0 saturated carbocycles. The highest BCUT2D eigenvalue weighted by molar-refractivity contribution is 7.13. The van der Waals surface area contributed by atoms with Gasteiger partial charge < -0.3 is 29.7 Å². The van der Waals surface area contributed by atoms with Crippen molar-refractivity contribution in [2.24, 2.45) is 0 Å². The van der Waals surface area contributed by atoms with Gasteiger partial charge in [0.1, 0.15) is 0 Å². The number of hydrogen-bond donors (Lipinski definition) is 2. The van der Waals surface area contributed by atoms with E-state index in [0.717, 1.165) is 5.69 Å². The SMILES string of the molecule is COc1cc(C(=O)NCC(=O)Nc2nc(CN(C)C)cs2)cc(OC)c1OC. The first-order valence-electron chi connectivity index (χ1n) is 8.35. The monoisotopic (exact) mass is 408 g/mol. The molecule has 0 aliphatic carbocycles. The second-order valence-electron chi connectivity index (χ2n) is 6.03. The lowest BCUT2D eigenvalue weighted by molar-refractivity contribution is -0.115. The van der Waals surface area contributed by atoms with Crippen molar-refractivity contribution in [3.8, 4) is 17.2 Å². The number of aromatic nitrogens is 1. The largest absolute Gasteiger partial charge is 0.493 e. The first kappa shape index (κ1) is 21.5. The fourth-order valence-corrected chi connectivity index (χ4v) is 3.12. The Hall–Kier alpha value is -2.85. The van der Waals surface area contributed by atoms with Crippen molar-refractivity contribution in [1.82, 2.24) is 15.2 Å².